The monoisotopic (exact) mass is 140 g/mol. The highest BCUT2D eigenvalue weighted by Crippen LogP contribution is 2.34. The first-order chi connectivity index (χ1) is 4.89. The van der Waals surface area contributed by atoms with E-state index in [4.69, 9.17) is 5.84 Å². The van der Waals surface area contributed by atoms with Gasteiger partial charge >= 0.3 is 0 Å². The van der Waals surface area contributed by atoms with Crippen molar-refractivity contribution in [2.75, 3.05) is 0 Å². The molecule has 1 unspecified atom stereocenters. The van der Waals surface area contributed by atoms with Crippen molar-refractivity contribution < 1.29 is 0 Å². The fraction of sp³-hybridized carbons (Fsp3) is 1.00. The van der Waals surface area contributed by atoms with E-state index in [1.165, 1.54) is 38.5 Å². The zero-order chi connectivity index (χ0) is 6.97. The standard InChI is InChI=1S/C8H16N2/c9-10-7-5-3-1-2-4-6-8(7)10/h7-8H,1-6,9H2/t7-,8+,10?. The van der Waals surface area contributed by atoms with E-state index in [1.807, 2.05) is 5.01 Å². The topological polar surface area (TPSA) is 29.0 Å². The van der Waals surface area contributed by atoms with Crippen LogP contribution in [0.2, 0.25) is 0 Å². The molecule has 2 fully saturated rings. The maximum Gasteiger partial charge on any atom is 0.0414 e. The van der Waals surface area contributed by atoms with E-state index in [0.29, 0.717) is 0 Å². The molecule has 10 heavy (non-hydrogen) atoms. The quantitative estimate of drug-likeness (QED) is 0.405. The zero-order valence-electron chi connectivity index (χ0n) is 6.42. The third-order valence-corrected chi connectivity index (χ3v) is 2.87. The Bertz CT molecular complexity index is 110. The van der Waals surface area contributed by atoms with Gasteiger partial charge in [-0.25, -0.2) is 5.01 Å². The first-order valence-electron chi connectivity index (χ1n) is 4.42. The van der Waals surface area contributed by atoms with E-state index in [-0.39, 0.29) is 0 Å². The van der Waals surface area contributed by atoms with E-state index in [9.17, 15) is 0 Å². The molecule has 0 aromatic carbocycles. The second-order valence-corrected chi connectivity index (χ2v) is 3.57. The van der Waals surface area contributed by atoms with Crippen molar-refractivity contribution in [3.05, 3.63) is 0 Å². The van der Waals surface area contributed by atoms with Crippen LogP contribution >= 0.6 is 0 Å². The van der Waals surface area contributed by atoms with Gasteiger partial charge < -0.3 is 0 Å². The van der Waals surface area contributed by atoms with Gasteiger partial charge in [-0.2, -0.15) is 0 Å². The molecular formula is C8H16N2. The molecule has 58 valence electrons. The van der Waals surface area contributed by atoms with Gasteiger partial charge in [-0.05, 0) is 12.8 Å². The minimum Gasteiger partial charge on any atom is -0.268 e. The largest absolute Gasteiger partial charge is 0.268 e. The summed E-state index contributed by atoms with van der Waals surface area (Å²) < 4.78 is 0. The van der Waals surface area contributed by atoms with Crippen molar-refractivity contribution in [2.45, 2.75) is 50.6 Å². The van der Waals surface area contributed by atoms with Gasteiger partial charge in [-0.1, -0.05) is 25.7 Å². The average molecular weight is 140 g/mol. The Hall–Kier alpha value is -0.0800. The molecular weight excluding hydrogens is 124 g/mol. The molecule has 2 heteroatoms. The second kappa shape index (κ2) is 2.51. The van der Waals surface area contributed by atoms with E-state index in [0.717, 1.165) is 12.1 Å². The summed E-state index contributed by atoms with van der Waals surface area (Å²) in [7, 11) is 0. The minimum atomic E-state index is 0.764. The number of rotatable bonds is 0. The van der Waals surface area contributed by atoms with Crippen molar-refractivity contribution in [1.82, 2.24) is 5.01 Å². The van der Waals surface area contributed by atoms with E-state index in [2.05, 4.69) is 0 Å². The lowest BCUT2D eigenvalue weighted by Gasteiger charge is -2.03. The SMILES string of the molecule is NN1[C@@H]2CCCCCC[C@@H]21. The fourth-order valence-electron chi connectivity index (χ4n) is 2.10. The summed E-state index contributed by atoms with van der Waals surface area (Å²) in [6, 6.07) is 1.53. The first-order valence-corrected chi connectivity index (χ1v) is 4.42. The summed E-state index contributed by atoms with van der Waals surface area (Å²) in [5.74, 6) is 5.74. The lowest BCUT2D eigenvalue weighted by molar-refractivity contribution is 0.488. The Labute approximate surface area is 62.4 Å². The summed E-state index contributed by atoms with van der Waals surface area (Å²) in [6.07, 6.45) is 8.35. The van der Waals surface area contributed by atoms with Crippen molar-refractivity contribution in [3.8, 4) is 0 Å². The highest BCUT2D eigenvalue weighted by atomic mass is 15.6. The number of nitrogens with zero attached hydrogens (tertiary/aromatic N) is 1. The Kier molecular flexibility index (Phi) is 1.66. The van der Waals surface area contributed by atoms with Crippen LogP contribution in [0.3, 0.4) is 0 Å². The van der Waals surface area contributed by atoms with Crippen LogP contribution in [0.5, 0.6) is 0 Å². The molecule has 0 amide bonds. The summed E-state index contributed by atoms with van der Waals surface area (Å²) in [5, 5.41) is 2.05. The normalized spacial score (nSPS) is 47.1. The van der Waals surface area contributed by atoms with Gasteiger partial charge in [0, 0.05) is 12.1 Å². The van der Waals surface area contributed by atoms with Crippen LogP contribution in [-0.2, 0) is 0 Å². The molecule has 2 N–H and O–H groups in total. The van der Waals surface area contributed by atoms with Crippen LogP contribution in [0, 0.1) is 0 Å². The fourth-order valence-corrected chi connectivity index (χ4v) is 2.10. The maximum atomic E-state index is 5.74. The van der Waals surface area contributed by atoms with Gasteiger partial charge in [0.05, 0.1) is 0 Å². The molecule has 0 aromatic rings. The molecule has 1 saturated carbocycles. The summed E-state index contributed by atoms with van der Waals surface area (Å²) in [6.45, 7) is 0. The van der Waals surface area contributed by atoms with Crippen LogP contribution in [0.25, 0.3) is 0 Å². The van der Waals surface area contributed by atoms with Crippen molar-refractivity contribution in [1.29, 1.82) is 0 Å². The van der Waals surface area contributed by atoms with E-state index in [1.54, 1.807) is 0 Å². The molecule has 2 aliphatic rings. The van der Waals surface area contributed by atoms with Crippen LogP contribution in [0.1, 0.15) is 38.5 Å². The average Bonchev–Trinajstić information content (AvgIpc) is 2.39. The molecule has 1 aliphatic carbocycles. The molecule has 2 rings (SSSR count). The van der Waals surface area contributed by atoms with Crippen LogP contribution in [0.15, 0.2) is 0 Å². The molecule has 0 aromatic heterocycles. The molecule has 0 radical (unpaired) electrons. The molecule has 1 aliphatic heterocycles. The summed E-state index contributed by atoms with van der Waals surface area (Å²) in [4.78, 5) is 0. The first kappa shape index (κ1) is 6.62. The van der Waals surface area contributed by atoms with Crippen molar-refractivity contribution in [3.63, 3.8) is 0 Å². The van der Waals surface area contributed by atoms with Gasteiger partial charge in [-0.3, -0.25) is 5.84 Å². The minimum absolute atomic E-state index is 0.764. The predicted octanol–water partition coefficient (Wildman–Crippen LogP) is 1.27. The Morgan fingerprint density at radius 3 is 1.90 bits per heavy atom. The Balaban J connectivity index is 1.86. The summed E-state index contributed by atoms with van der Waals surface area (Å²) >= 11 is 0. The Morgan fingerprint density at radius 1 is 0.900 bits per heavy atom. The third kappa shape index (κ3) is 1.06. The highest BCUT2D eigenvalue weighted by molar-refractivity contribution is 4.98. The van der Waals surface area contributed by atoms with E-state index >= 15 is 0 Å². The van der Waals surface area contributed by atoms with Gasteiger partial charge in [-0.15, -0.1) is 0 Å². The lowest BCUT2D eigenvalue weighted by atomic mass is 10.0. The van der Waals surface area contributed by atoms with Crippen LogP contribution in [-0.4, -0.2) is 17.1 Å². The summed E-state index contributed by atoms with van der Waals surface area (Å²) in [5.41, 5.74) is 0. The third-order valence-electron chi connectivity index (χ3n) is 2.87. The predicted molar refractivity (Wildman–Crippen MR) is 41.3 cm³/mol. The van der Waals surface area contributed by atoms with Crippen LogP contribution < -0.4 is 5.84 Å². The molecule has 1 saturated heterocycles. The van der Waals surface area contributed by atoms with Crippen molar-refractivity contribution >= 4 is 0 Å². The Morgan fingerprint density at radius 2 is 1.40 bits per heavy atom. The van der Waals surface area contributed by atoms with E-state index < -0.39 is 0 Å². The van der Waals surface area contributed by atoms with Gasteiger partial charge in [0.15, 0.2) is 0 Å². The molecule has 0 spiro atoms. The smallest absolute Gasteiger partial charge is 0.0414 e. The molecule has 3 atom stereocenters. The van der Waals surface area contributed by atoms with Crippen LogP contribution in [0.4, 0.5) is 0 Å². The second-order valence-electron chi connectivity index (χ2n) is 3.57. The number of hydrazine groups is 1. The van der Waals surface area contributed by atoms with Gasteiger partial charge in [0.2, 0.25) is 0 Å². The number of nitrogens with two attached hydrogens (primary N) is 1. The van der Waals surface area contributed by atoms with Gasteiger partial charge in [0.1, 0.15) is 0 Å². The number of hydrogen-bond donors (Lipinski definition) is 1. The highest BCUT2D eigenvalue weighted by Gasteiger charge is 2.44. The number of hydrogen-bond acceptors (Lipinski definition) is 2. The van der Waals surface area contributed by atoms with Crippen molar-refractivity contribution in [2.24, 2.45) is 5.84 Å². The van der Waals surface area contributed by atoms with Gasteiger partial charge in [0.25, 0.3) is 0 Å². The lowest BCUT2D eigenvalue weighted by Crippen LogP contribution is -2.10. The maximum absolute atomic E-state index is 5.74. The zero-order valence-corrected chi connectivity index (χ0v) is 6.42. The molecule has 2 nitrogen and oxygen atoms in total. The molecule has 0 bridgehead atoms. The number of fused-ring (bicyclic) bond motifs is 1. The molecule has 1 heterocycles.